The maximum absolute atomic E-state index is 13.8. The molecule has 4 aliphatic rings. The van der Waals surface area contributed by atoms with Crippen LogP contribution in [0.25, 0.3) is 0 Å². The molecule has 1 spiro atoms. The molecular formula is C28H22F2N6O2. The summed E-state index contributed by atoms with van der Waals surface area (Å²) in [6.07, 6.45) is 11.0. The average Bonchev–Trinajstić information content (AvgIpc) is 3.58. The van der Waals surface area contributed by atoms with Gasteiger partial charge in [-0.25, -0.2) is 23.7 Å². The lowest BCUT2D eigenvalue weighted by atomic mass is 9.79. The Hall–Kier alpha value is -4.47. The van der Waals surface area contributed by atoms with E-state index in [1.807, 2.05) is 18.2 Å². The van der Waals surface area contributed by atoms with E-state index in [2.05, 4.69) is 37.7 Å². The summed E-state index contributed by atoms with van der Waals surface area (Å²) < 4.78 is 27.4. The molecule has 2 aromatic heterocycles. The van der Waals surface area contributed by atoms with Gasteiger partial charge < -0.3 is 15.5 Å². The van der Waals surface area contributed by atoms with Crippen LogP contribution < -0.4 is 15.5 Å². The Balaban J connectivity index is 1.10. The van der Waals surface area contributed by atoms with Crippen molar-refractivity contribution >= 4 is 29.1 Å². The van der Waals surface area contributed by atoms with E-state index in [1.54, 1.807) is 12.3 Å². The Kier molecular flexibility index (Phi) is 4.94. The van der Waals surface area contributed by atoms with Crippen molar-refractivity contribution in [1.29, 1.82) is 0 Å². The third-order valence-electron chi connectivity index (χ3n) is 8.05. The SMILES string of the molecule is O=C(c1cc(NC2=CC3CC4(CC3C=C2)C(=O)Nc2ncccc24)ncn1)N1CCc2cc(F)c(F)cc21. The van der Waals surface area contributed by atoms with Crippen molar-refractivity contribution in [2.75, 3.05) is 22.1 Å². The van der Waals surface area contributed by atoms with Gasteiger partial charge in [0.05, 0.1) is 11.1 Å². The normalized spacial score (nSPS) is 24.6. The minimum atomic E-state index is -0.994. The smallest absolute Gasteiger partial charge is 0.277 e. The molecule has 1 fully saturated rings. The third kappa shape index (κ3) is 3.43. The van der Waals surface area contributed by atoms with Crippen molar-refractivity contribution in [2.45, 2.75) is 24.7 Å². The number of anilines is 3. The number of nitrogens with one attached hydrogen (secondary N) is 2. The molecule has 1 aromatic carbocycles. The summed E-state index contributed by atoms with van der Waals surface area (Å²) in [7, 11) is 0. The number of hydrogen-bond acceptors (Lipinski definition) is 6. The van der Waals surface area contributed by atoms with Gasteiger partial charge in [0.2, 0.25) is 5.91 Å². The molecule has 4 heterocycles. The molecule has 8 nitrogen and oxygen atoms in total. The van der Waals surface area contributed by atoms with Gasteiger partial charge in [0.1, 0.15) is 23.7 Å². The van der Waals surface area contributed by atoms with Gasteiger partial charge in [-0.3, -0.25) is 9.59 Å². The summed E-state index contributed by atoms with van der Waals surface area (Å²) in [4.78, 5) is 40.3. The lowest BCUT2D eigenvalue weighted by Crippen LogP contribution is -2.31. The highest BCUT2D eigenvalue weighted by molar-refractivity contribution is 6.06. The van der Waals surface area contributed by atoms with Crippen LogP contribution in [-0.4, -0.2) is 33.3 Å². The summed E-state index contributed by atoms with van der Waals surface area (Å²) in [5, 5.41) is 6.19. The van der Waals surface area contributed by atoms with E-state index in [9.17, 15) is 18.4 Å². The molecule has 0 bridgehead atoms. The Bertz CT molecular complexity index is 1590. The third-order valence-corrected chi connectivity index (χ3v) is 8.05. The lowest BCUT2D eigenvalue weighted by molar-refractivity contribution is -0.120. The molecule has 3 atom stereocenters. The number of benzene rings is 1. The van der Waals surface area contributed by atoms with Crippen LogP contribution in [0.5, 0.6) is 0 Å². The molecule has 7 rings (SSSR count). The highest BCUT2D eigenvalue weighted by atomic mass is 19.2. The van der Waals surface area contributed by atoms with Crippen molar-refractivity contribution in [2.24, 2.45) is 11.8 Å². The maximum atomic E-state index is 13.8. The summed E-state index contributed by atoms with van der Waals surface area (Å²) in [5.74, 6) is -0.874. The van der Waals surface area contributed by atoms with Gasteiger partial charge in [0.25, 0.3) is 5.91 Å². The molecule has 3 aromatic rings. The number of halogens is 2. The zero-order valence-corrected chi connectivity index (χ0v) is 20.1. The van der Waals surface area contributed by atoms with Crippen LogP contribution in [0.3, 0.4) is 0 Å². The molecule has 2 aliphatic heterocycles. The monoisotopic (exact) mass is 512 g/mol. The second-order valence-corrected chi connectivity index (χ2v) is 10.2. The van der Waals surface area contributed by atoms with E-state index in [1.165, 1.54) is 11.2 Å². The second-order valence-electron chi connectivity index (χ2n) is 10.2. The largest absolute Gasteiger partial charge is 0.340 e. The van der Waals surface area contributed by atoms with Gasteiger partial charge >= 0.3 is 0 Å². The first-order valence-electron chi connectivity index (χ1n) is 12.5. The van der Waals surface area contributed by atoms with Crippen molar-refractivity contribution in [3.63, 3.8) is 0 Å². The highest BCUT2D eigenvalue weighted by Crippen LogP contribution is 2.54. The number of fused-ring (bicyclic) bond motifs is 4. The number of nitrogens with zero attached hydrogens (tertiary/aromatic N) is 4. The van der Waals surface area contributed by atoms with Crippen molar-refractivity contribution in [1.82, 2.24) is 15.0 Å². The fraction of sp³-hybridized carbons (Fsp3) is 0.250. The van der Waals surface area contributed by atoms with Gasteiger partial charge in [0.15, 0.2) is 11.6 Å². The molecule has 10 heteroatoms. The first kappa shape index (κ1) is 22.7. The van der Waals surface area contributed by atoms with Crippen LogP contribution in [0.15, 0.2) is 66.8 Å². The molecule has 0 saturated heterocycles. The Labute approximate surface area is 216 Å². The fourth-order valence-corrected chi connectivity index (χ4v) is 6.25. The number of amides is 2. The molecule has 2 amide bonds. The van der Waals surface area contributed by atoms with E-state index >= 15 is 0 Å². The summed E-state index contributed by atoms with van der Waals surface area (Å²) in [5.41, 5.74) is 2.27. The molecule has 190 valence electrons. The minimum Gasteiger partial charge on any atom is -0.340 e. The van der Waals surface area contributed by atoms with Crippen LogP contribution in [0, 0.1) is 23.5 Å². The number of carbonyl (C=O) groups is 2. The zero-order valence-electron chi connectivity index (χ0n) is 20.1. The first-order chi connectivity index (χ1) is 18.4. The van der Waals surface area contributed by atoms with Gasteiger partial charge in [0, 0.05) is 36.1 Å². The lowest BCUT2D eigenvalue weighted by Gasteiger charge is -2.20. The number of carbonyl (C=O) groups excluding carboxylic acids is 2. The van der Waals surface area contributed by atoms with Crippen molar-refractivity contribution in [3.8, 4) is 0 Å². The molecule has 3 unspecified atom stereocenters. The number of pyridine rings is 1. The molecule has 38 heavy (non-hydrogen) atoms. The highest BCUT2D eigenvalue weighted by Gasteiger charge is 2.55. The van der Waals surface area contributed by atoms with Crippen LogP contribution in [-0.2, 0) is 16.6 Å². The molecule has 2 N–H and O–H groups in total. The van der Waals surface area contributed by atoms with E-state index in [0.29, 0.717) is 42.3 Å². The van der Waals surface area contributed by atoms with Crippen LogP contribution in [0.2, 0.25) is 0 Å². The number of rotatable bonds is 3. The Morgan fingerprint density at radius 2 is 1.95 bits per heavy atom. The van der Waals surface area contributed by atoms with E-state index in [-0.39, 0.29) is 23.4 Å². The second kappa shape index (κ2) is 8.27. The predicted molar refractivity (Wildman–Crippen MR) is 135 cm³/mol. The minimum absolute atomic E-state index is 0.00182. The van der Waals surface area contributed by atoms with Gasteiger partial charge in [-0.15, -0.1) is 0 Å². The van der Waals surface area contributed by atoms with E-state index < -0.39 is 23.0 Å². The zero-order chi connectivity index (χ0) is 26.0. The van der Waals surface area contributed by atoms with Gasteiger partial charge in [-0.2, -0.15) is 0 Å². The van der Waals surface area contributed by atoms with E-state index in [0.717, 1.165) is 29.8 Å². The van der Waals surface area contributed by atoms with Crippen molar-refractivity contribution in [3.05, 3.63) is 95.2 Å². The molecule has 2 aliphatic carbocycles. The molecule has 1 saturated carbocycles. The fourth-order valence-electron chi connectivity index (χ4n) is 6.25. The van der Waals surface area contributed by atoms with Gasteiger partial charge in [-0.1, -0.05) is 18.2 Å². The molecule has 0 radical (unpaired) electrons. The standard InChI is InChI=1S/C28H22F2N6O2/c29-20-9-15-5-7-36(23(15)10-21(20)30)26(37)22-11-24(33-14-32-22)34-18-4-3-16-12-28(13-17(16)8-18)19-2-1-6-31-25(19)35-27(28)38/h1-4,6,8-11,14,16-17H,5,7,12-13H2,(H,31,35,38)(H,32,33,34). The predicted octanol–water partition coefficient (Wildman–Crippen LogP) is 4.13. The summed E-state index contributed by atoms with van der Waals surface area (Å²) >= 11 is 0. The maximum Gasteiger partial charge on any atom is 0.277 e. The average molecular weight is 513 g/mol. The van der Waals surface area contributed by atoms with Crippen LogP contribution >= 0.6 is 0 Å². The van der Waals surface area contributed by atoms with Crippen molar-refractivity contribution < 1.29 is 18.4 Å². The summed E-state index contributed by atoms with van der Waals surface area (Å²) in [6.45, 7) is 0.314. The topological polar surface area (TPSA) is 100 Å². The van der Waals surface area contributed by atoms with E-state index in [4.69, 9.17) is 0 Å². The van der Waals surface area contributed by atoms with Gasteiger partial charge in [-0.05, 0) is 54.9 Å². The molecular weight excluding hydrogens is 490 g/mol. The number of allylic oxidation sites excluding steroid dienone is 3. The van der Waals surface area contributed by atoms with Crippen LogP contribution in [0.1, 0.15) is 34.5 Å². The Morgan fingerprint density at radius 3 is 2.84 bits per heavy atom. The van der Waals surface area contributed by atoms with Crippen LogP contribution in [0.4, 0.5) is 26.1 Å². The number of aromatic nitrogens is 3. The number of hydrogen-bond donors (Lipinski definition) is 2. The quantitative estimate of drug-likeness (QED) is 0.548. The first-order valence-corrected chi connectivity index (χ1v) is 12.5. The summed E-state index contributed by atoms with van der Waals surface area (Å²) in [6, 6.07) is 7.58. The Morgan fingerprint density at radius 1 is 1.11 bits per heavy atom.